The van der Waals surface area contributed by atoms with E-state index in [1.54, 1.807) is 36.4 Å². The molecule has 0 N–H and O–H groups in total. The molecule has 10 nitrogen and oxygen atoms in total. The predicted molar refractivity (Wildman–Crippen MR) is 138 cm³/mol. The van der Waals surface area contributed by atoms with Crippen LogP contribution in [0.4, 0.5) is 0 Å². The highest BCUT2D eigenvalue weighted by atomic mass is 14.8. The van der Waals surface area contributed by atoms with Gasteiger partial charge in [0.25, 0.3) is 0 Å². The maximum Gasteiger partial charge on any atom is 0.203 e. The third-order valence-corrected chi connectivity index (χ3v) is 5.50. The smallest absolute Gasteiger partial charge is 0.203 e. The molecular weight excluding hydrogens is 500 g/mol. The highest BCUT2D eigenvalue weighted by Gasteiger charge is 2.17. The van der Waals surface area contributed by atoms with Gasteiger partial charge in [0, 0.05) is 22.8 Å². The first-order valence-electron chi connectivity index (χ1n) is 12.7. The molecule has 3 aromatic carbocycles. The molecule has 0 spiro atoms. The van der Waals surface area contributed by atoms with E-state index in [0.29, 0.717) is 0 Å². The zero-order chi connectivity index (χ0) is 32.3. The molecule has 0 bridgehead atoms. The molecule has 0 aliphatic heterocycles. The number of fused-ring (bicyclic) bond motifs is 1. The minimum atomic E-state index is -0.628. The van der Waals surface area contributed by atoms with Crippen LogP contribution in [0.5, 0.6) is 0 Å². The Labute approximate surface area is 232 Å². The topological polar surface area (TPSA) is 177 Å². The van der Waals surface area contributed by atoms with Gasteiger partial charge in [0.15, 0.2) is 0 Å². The van der Waals surface area contributed by atoms with E-state index in [9.17, 15) is 31.6 Å². The number of rotatable bonds is 2. The Balaban J connectivity index is 2.31. The average molecular weight is 512 g/mol. The van der Waals surface area contributed by atoms with Crippen LogP contribution in [-0.4, -0.2) is 9.97 Å². The van der Waals surface area contributed by atoms with Crippen molar-refractivity contribution in [2.45, 2.75) is 0 Å². The zero-order valence-corrected chi connectivity index (χ0v) is 19.8. The van der Waals surface area contributed by atoms with Gasteiger partial charge in [-0.05, 0) is 35.3 Å². The molecule has 0 unspecified atom stereocenters. The van der Waals surface area contributed by atoms with Crippen LogP contribution in [0.1, 0.15) is 50.0 Å². The van der Waals surface area contributed by atoms with Crippen LogP contribution in [0.25, 0.3) is 32.1 Å². The second-order valence-corrected chi connectivity index (χ2v) is 7.51. The van der Waals surface area contributed by atoms with Crippen molar-refractivity contribution in [3.8, 4) is 36.4 Å². The van der Waals surface area contributed by atoms with E-state index >= 15 is 0 Å². The molecule has 0 saturated carbocycles. The molecule has 178 valence electrons. The van der Waals surface area contributed by atoms with Crippen LogP contribution in [0.15, 0.2) is 48.7 Å². The van der Waals surface area contributed by atoms with E-state index in [0.717, 1.165) is 0 Å². The van der Waals surface area contributed by atoms with Gasteiger partial charge in [-0.15, -0.1) is 0 Å². The average Bonchev–Trinajstić information content (AvgIpc) is 3.04. The second-order valence-electron chi connectivity index (χ2n) is 7.51. The molecule has 0 aliphatic carbocycles. The third-order valence-electron chi connectivity index (χ3n) is 5.50. The van der Waals surface area contributed by atoms with Crippen molar-refractivity contribution in [1.29, 1.82) is 31.6 Å². The Hall–Kier alpha value is -7.34. The molecular formula is C30H8N10. The van der Waals surface area contributed by atoms with Crippen molar-refractivity contribution >= 4 is 22.4 Å². The molecule has 4 rings (SSSR count). The van der Waals surface area contributed by atoms with E-state index < -0.39 is 68.7 Å². The first-order chi connectivity index (χ1) is 21.2. The Morgan fingerprint density at radius 2 is 0.925 bits per heavy atom. The number of hydrogen-bond donors (Lipinski definition) is 0. The fourth-order valence-corrected chi connectivity index (χ4v) is 3.80. The summed E-state index contributed by atoms with van der Waals surface area (Å²) in [6, 6.07) is 10.2. The monoisotopic (exact) mass is 512 g/mol. The van der Waals surface area contributed by atoms with Crippen LogP contribution >= 0.6 is 0 Å². The van der Waals surface area contributed by atoms with Crippen molar-refractivity contribution in [3.63, 3.8) is 0 Å². The molecule has 40 heavy (non-hydrogen) atoms. The van der Waals surface area contributed by atoms with Gasteiger partial charge in [-0.25, -0.2) is 9.69 Å². The normalized spacial score (nSPS) is 12.5. The standard InChI is InChI=1S/C30H8N10/c1-37-27(17-7-19(11-31)25(15-35)20(8-17)12-32)23-3-4-24(30-29(23)39-5-6-40-30)28(38-2)18-9-21(13-33)26(16-36)22(10-18)14-34/h3-10H/b27-23-,28-24-/i7D,8D,9D,10D. The largest absolute Gasteiger partial charge is 0.254 e. The number of benzene rings is 3. The molecule has 0 atom stereocenters. The SMILES string of the molecule is [2H]c1c(C#N)c(C#N)c(C#N)c([2H])c1/C([N+]#[C-])=c1\cc/c(=C(/[N+]#[C-])c2c([2H])c(C#N)c(C#N)c(C#N)c2[2H])c2nccnc12. The summed E-state index contributed by atoms with van der Waals surface area (Å²) < 4.78 is 34.2. The van der Waals surface area contributed by atoms with Crippen molar-refractivity contribution in [2.75, 3.05) is 0 Å². The Morgan fingerprint density at radius 3 is 1.18 bits per heavy atom. The van der Waals surface area contributed by atoms with E-state index in [1.807, 2.05) is 0 Å². The molecule has 10 heteroatoms. The Bertz CT molecular complexity index is 2230. The Kier molecular flexibility index (Phi) is 5.58. The lowest BCUT2D eigenvalue weighted by atomic mass is 9.96. The Morgan fingerprint density at radius 1 is 0.600 bits per heavy atom. The first-order valence-corrected chi connectivity index (χ1v) is 10.7. The van der Waals surface area contributed by atoms with Gasteiger partial charge in [-0.1, -0.05) is 12.1 Å². The molecule has 0 saturated heterocycles. The fourth-order valence-electron chi connectivity index (χ4n) is 3.80. The summed E-state index contributed by atoms with van der Waals surface area (Å²) in [7, 11) is 0. The molecule has 0 radical (unpaired) electrons. The van der Waals surface area contributed by atoms with E-state index in [4.69, 9.17) is 18.6 Å². The van der Waals surface area contributed by atoms with Crippen molar-refractivity contribution in [2.24, 2.45) is 0 Å². The van der Waals surface area contributed by atoms with Crippen LogP contribution in [0.2, 0.25) is 0 Å². The predicted octanol–water partition coefficient (Wildman–Crippen LogP) is 3.01. The highest BCUT2D eigenvalue weighted by molar-refractivity contribution is 5.87. The van der Waals surface area contributed by atoms with Crippen LogP contribution in [0, 0.1) is 81.1 Å². The van der Waals surface area contributed by atoms with Gasteiger partial charge in [0.1, 0.15) is 36.4 Å². The summed E-state index contributed by atoms with van der Waals surface area (Å²) in [5.74, 6) is 0. The number of nitriles is 6. The van der Waals surface area contributed by atoms with Crippen molar-refractivity contribution < 1.29 is 5.48 Å². The summed E-state index contributed by atoms with van der Waals surface area (Å²) in [6.45, 7) is 15.8. The maximum absolute atomic E-state index is 9.63. The summed E-state index contributed by atoms with van der Waals surface area (Å²) in [4.78, 5) is 15.5. The van der Waals surface area contributed by atoms with E-state index in [-0.39, 0.29) is 32.9 Å². The quantitative estimate of drug-likeness (QED) is 0.368. The lowest BCUT2D eigenvalue weighted by molar-refractivity contribution is 1.27. The molecule has 1 heterocycles. The molecule has 0 aliphatic rings. The fraction of sp³-hybridized carbons (Fsp3) is 0. The van der Waals surface area contributed by atoms with Crippen LogP contribution < -0.4 is 10.4 Å². The molecule has 0 fully saturated rings. The summed E-state index contributed by atoms with van der Waals surface area (Å²) in [5.41, 5.74) is -4.59. The highest BCUT2D eigenvalue weighted by Crippen LogP contribution is 2.24. The van der Waals surface area contributed by atoms with E-state index in [1.165, 1.54) is 24.5 Å². The summed E-state index contributed by atoms with van der Waals surface area (Å²) >= 11 is 0. The number of hydrogen-bond acceptors (Lipinski definition) is 8. The molecule has 1 aromatic heterocycles. The summed E-state index contributed by atoms with van der Waals surface area (Å²) in [5, 5.41) is 57.4. The van der Waals surface area contributed by atoms with Gasteiger partial charge in [-0.3, -0.25) is 9.97 Å². The van der Waals surface area contributed by atoms with Gasteiger partial charge in [0.05, 0.1) is 63.0 Å². The minimum absolute atomic E-state index is 0.0110. The van der Waals surface area contributed by atoms with Crippen molar-refractivity contribution in [3.05, 3.63) is 126 Å². The second kappa shape index (κ2) is 10.7. The maximum atomic E-state index is 9.63. The molecule has 4 aromatic rings. The zero-order valence-electron chi connectivity index (χ0n) is 23.8. The number of nitrogens with zero attached hydrogens (tertiary/aromatic N) is 10. The van der Waals surface area contributed by atoms with Gasteiger partial charge in [-0.2, -0.15) is 31.6 Å². The van der Waals surface area contributed by atoms with Crippen molar-refractivity contribution in [1.82, 2.24) is 9.97 Å². The van der Waals surface area contributed by atoms with E-state index in [2.05, 4.69) is 19.7 Å². The number of aromatic nitrogens is 2. The lowest BCUT2D eigenvalue weighted by Gasteiger charge is -2.08. The van der Waals surface area contributed by atoms with Crippen LogP contribution in [0.3, 0.4) is 0 Å². The lowest BCUT2D eigenvalue weighted by Crippen LogP contribution is -2.18. The van der Waals surface area contributed by atoms with Gasteiger partial charge < -0.3 is 0 Å². The minimum Gasteiger partial charge on any atom is -0.254 e. The summed E-state index contributed by atoms with van der Waals surface area (Å²) in [6.07, 6.45) is 2.51. The third kappa shape index (κ3) is 4.15. The first kappa shape index (κ1) is 20.8. The molecule has 0 amide bonds. The van der Waals surface area contributed by atoms with Gasteiger partial charge in [0.2, 0.25) is 11.4 Å². The van der Waals surface area contributed by atoms with Crippen LogP contribution in [-0.2, 0) is 0 Å². The van der Waals surface area contributed by atoms with Gasteiger partial charge >= 0.3 is 0 Å².